The Bertz CT molecular complexity index is 540. The predicted molar refractivity (Wildman–Crippen MR) is 72.2 cm³/mol. The van der Waals surface area contributed by atoms with Gasteiger partial charge in [-0.25, -0.2) is 4.79 Å². The molecular weight excluding hydrogens is 258 g/mol. The highest BCUT2D eigenvalue weighted by Crippen LogP contribution is 2.10. The van der Waals surface area contributed by atoms with E-state index in [4.69, 9.17) is 14.6 Å². The SMILES string of the molecule is O=C(OCCc1cccnc1)OCc1ccc(O)cc1. The van der Waals surface area contributed by atoms with Crippen molar-refractivity contribution in [3.8, 4) is 5.75 Å². The zero-order chi connectivity index (χ0) is 14.2. The number of carbonyl (C=O) groups is 1. The van der Waals surface area contributed by atoms with E-state index < -0.39 is 6.16 Å². The van der Waals surface area contributed by atoms with E-state index in [1.54, 1.807) is 24.5 Å². The van der Waals surface area contributed by atoms with Crippen LogP contribution in [0, 0.1) is 0 Å². The third kappa shape index (κ3) is 4.61. The van der Waals surface area contributed by atoms with E-state index in [1.807, 2.05) is 12.1 Å². The van der Waals surface area contributed by atoms with Gasteiger partial charge in [-0.1, -0.05) is 18.2 Å². The zero-order valence-corrected chi connectivity index (χ0v) is 10.9. The summed E-state index contributed by atoms with van der Waals surface area (Å²) in [4.78, 5) is 15.3. The molecule has 1 N–H and O–H groups in total. The molecular formula is C15H15NO4. The molecule has 0 unspecified atom stereocenters. The van der Waals surface area contributed by atoms with Crippen molar-refractivity contribution in [1.29, 1.82) is 0 Å². The molecule has 0 aliphatic rings. The Morgan fingerprint density at radius 3 is 2.60 bits per heavy atom. The number of carbonyl (C=O) groups excluding carboxylic acids is 1. The van der Waals surface area contributed by atoms with Gasteiger partial charge in [0.2, 0.25) is 0 Å². The summed E-state index contributed by atoms with van der Waals surface area (Å²) in [5, 5.41) is 9.12. The van der Waals surface area contributed by atoms with Crippen molar-refractivity contribution in [2.45, 2.75) is 13.0 Å². The van der Waals surface area contributed by atoms with Crippen molar-refractivity contribution >= 4 is 6.16 Å². The molecule has 0 saturated carbocycles. The van der Waals surface area contributed by atoms with Gasteiger partial charge in [0, 0.05) is 18.8 Å². The number of ether oxygens (including phenoxy) is 2. The molecule has 0 atom stereocenters. The Morgan fingerprint density at radius 2 is 1.90 bits per heavy atom. The number of hydrogen-bond donors (Lipinski definition) is 1. The van der Waals surface area contributed by atoms with Crippen molar-refractivity contribution in [3.05, 3.63) is 59.9 Å². The lowest BCUT2D eigenvalue weighted by Crippen LogP contribution is -2.09. The second-order valence-electron chi connectivity index (χ2n) is 4.16. The van der Waals surface area contributed by atoms with Gasteiger partial charge >= 0.3 is 6.16 Å². The maximum atomic E-state index is 11.4. The Labute approximate surface area is 116 Å². The fourth-order valence-corrected chi connectivity index (χ4v) is 1.57. The molecule has 0 spiro atoms. The molecule has 0 fully saturated rings. The minimum Gasteiger partial charge on any atom is -0.508 e. The number of benzene rings is 1. The number of hydrogen-bond acceptors (Lipinski definition) is 5. The summed E-state index contributed by atoms with van der Waals surface area (Å²) >= 11 is 0. The molecule has 2 rings (SSSR count). The summed E-state index contributed by atoms with van der Waals surface area (Å²) in [5.74, 6) is 0.174. The Hall–Kier alpha value is -2.56. The van der Waals surface area contributed by atoms with Gasteiger partial charge in [-0.15, -0.1) is 0 Å². The van der Waals surface area contributed by atoms with Gasteiger partial charge in [0.15, 0.2) is 0 Å². The van der Waals surface area contributed by atoms with Crippen molar-refractivity contribution in [3.63, 3.8) is 0 Å². The summed E-state index contributed by atoms with van der Waals surface area (Å²) in [6.07, 6.45) is 3.31. The Morgan fingerprint density at radius 1 is 1.10 bits per heavy atom. The van der Waals surface area contributed by atoms with E-state index in [1.165, 1.54) is 12.1 Å². The van der Waals surface area contributed by atoms with Crippen LogP contribution < -0.4 is 0 Å². The fourth-order valence-electron chi connectivity index (χ4n) is 1.57. The summed E-state index contributed by atoms with van der Waals surface area (Å²) in [6, 6.07) is 10.2. The topological polar surface area (TPSA) is 68.7 Å². The summed E-state index contributed by atoms with van der Waals surface area (Å²) in [7, 11) is 0. The first-order valence-corrected chi connectivity index (χ1v) is 6.20. The first-order chi connectivity index (χ1) is 9.74. The number of nitrogens with zero attached hydrogens (tertiary/aromatic N) is 1. The van der Waals surface area contributed by atoms with Crippen LogP contribution in [0.5, 0.6) is 5.75 Å². The highest BCUT2D eigenvalue weighted by Gasteiger charge is 2.04. The molecule has 0 aliphatic carbocycles. The van der Waals surface area contributed by atoms with Crippen LogP contribution >= 0.6 is 0 Å². The molecule has 104 valence electrons. The van der Waals surface area contributed by atoms with Gasteiger partial charge in [0.1, 0.15) is 12.4 Å². The summed E-state index contributed by atoms with van der Waals surface area (Å²) < 4.78 is 9.90. The smallest absolute Gasteiger partial charge is 0.508 e. The Balaban J connectivity index is 1.67. The third-order valence-electron chi connectivity index (χ3n) is 2.63. The molecule has 5 heteroatoms. The van der Waals surface area contributed by atoms with Gasteiger partial charge in [0.05, 0.1) is 6.61 Å². The van der Waals surface area contributed by atoms with Crippen LogP contribution in [0.1, 0.15) is 11.1 Å². The quantitative estimate of drug-likeness (QED) is 0.848. The summed E-state index contributed by atoms with van der Waals surface area (Å²) in [6.45, 7) is 0.367. The van der Waals surface area contributed by atoms with Crippen molar-refractivity contribution < 1.29 is 19.4 Å². The molecule has 0 bridgehead atoms. The number of aromatic hydroxyl groups is 1. The van der Waals surface area contributed by atoms with Crippen LogP contribution in [0.3, 0.4) is 0 Å². The van der Waals surface area contributed by atoms with Gasteiger partial charge in [-0.3, -0.25) is 4.98 Å². The molecule has 5 nitrogen and oxygen atoms in total. The predicted octanol–water partition coefficient (Wildman–Crippen LogP) is 2.68. The van der Waals surface area contributed by atoms with Crippen molar-refractivity contribution in [2.75, 3.05) is 6.61 Å². The molecule has 0 amide bonds. The number of phenolic OH excluding ortho intramolecular Hbond substituents is 1. The highest BCUT2D eigenvalue weighted by atomic mass is 16.7. The lowest BCUT2D eigenvalue weighted by molar-refractivity contribution is 0.0507. The highest BCUT2D eigenvalue weighted by molar-refractivity contribution is 5.59. The standard InChI is InChI=1S/C15H15NO4/c17-14-5-3-13(4-6-14)11-20-15(18)19-9-7-12-2-1-8-16-10-12/h1-6,8,10,17H,7,9,11H2. The summed E-state index contributed by atoms with van der Waals surface area (Å²) in [5.41, 5.74) is 1.78. The largest absolute Gasteiger partial charge is 0.508 e. The maximum Gasteiger partial charge on any atom is 0.508 e. The van der Waals surface area contributed by atoms with Crippen LogP contribution in [-0.4, -0.2) is 22.9 Å². The molecule has 2 aromatic rings. The minimum absolute atomic E-state index is 0.117. The maximum absolute atomic E-state index is 11.4. The first-order valence-electron chi connectivity index (χ1n) is 6.20. The minimum atomic E-state index is -0.707. The monoisotopic (exact) mass is 273 g/mol. The van der Waals surface area contributed by atoms with E-state index in [0.29, 0.717) is 6.42 Å². The van der Waals surface area contributed by atoms with Gasteiger partial charge in [-0.2, -0.15) is 0 Å². The lowest BCUT2D eigenvalue weighted by Gasteiger charge is -2.06. The molecule has 0 saturated heterocycles. The molecule has 1 aromatic carbocycles. The third-order valence-corrected chi connectivity index (χ3v) is 2.63. The first kappa shape index (κ1) is 13.9. The van der Waals surface area contributed by atoms with Crippen LogP contribution in [0.25, 0.3) is 0 Å². The van der Waals surface area contributed by atoms with Gasteiger partial charge in [-0.05, 0) is 29.3 Å². The molecule has 20 heavy (non-hydrogen) atoms. The van der Waals surface area contributed by atoms with Crippen molar-refractivity contribution in [2.24, 2.45) is 0 Å². The zero-order valence-electron chi connectivity index (χ0n) is 10.9. The number of rotatable bonds is 5. The average Bonchev–Trinajstić information content (AvgIpc) is 2.48. The molecule has 1 heterocycles. The van der Waals surface area contributed by atoms with E-state index in [2.05, 4.69) is 4.98 Å². The molecule has 1 aromatic heterocycles. The van der Waals surface area contributed by atoms with Crippen molar-refractivity contribution in [1.82, 2.24) is 4.98 Å². The van der Waals surface area contributed by atoms with Crippen LogP contribution in [-0.2, 0) is 22.5 Å². The normalized spacial score (nSPS) is 10.0. The molecule has 0 radical (unpaired) electrons. The second kappa shape index (κ2) is 7.13. The van der Waals surface area contributed by atoms with E-state index >= 15 is 0 Å². The van der Waals surface area contributed by atoms with E-state index in [9.17, 15) is 4.79 Å². The van der Waals surface area contributed by atoms with E-state index in [0.717, 1.165) is 11.1 Å². The fraction of sp³-hybridized carbons (Fsp3) is 0.200. The Kier molecular flexibility index (Phi) is 4.94. The van der Waals surface area contributed by atoms with Crippen LogP contribution in [0.2, 0.25) is 0 Å². The van der Waals surface area contributed by atoms with Crippen LogP contribution in [0.15, 0.2) is 48.8 Å². The van der Waals surface area contributed by atoms with Gasteiger partial charge < -0.3 is 14.6 Å². The number of phenols is 1. The molecule has 0 aliphatic heterocycles. The number of pyridine rings is 1. The lowest BCUT2D eigenvalue weighted by atomic mass is 10.2. The number of aromatic nitrogens is 1. The average molecular weight is 273 g/mol. The van der Waals surface area contributed by atoms with E-state index in [-0.39, 0.29) is 19.0 Å². The van der Waals surface area contributed by atoms with Gasteiger partial charge in [0.25, 0.3) is 0 Å². The second-order valence-corrected chi connectivity index (χ2v) is 4.16. The van der Waals surface area contributed by atoms with Crippen LogP contribution in [0.4, 0.5) is 4.79 Å².